The van der Waals surface area contributed by atoms with Gasteiger partial charge in [-0.3, -0.25) is 19.3 Å². The van der Waals surface area contributed by atoms with Crippen LogP contribution in [0.2, 0.25) is 0 Å². The molecule has 0 saturated carbocycles. The molecule has 2 aromatic carbocycles. The van der Waals surface area contributed by atoms with Crippen molar-refractivity contribution in [3.8, 4) is 0 Å². The molecule has 168 valence electrons. The Labute approximate surface area is 187 Å². The molecule has 7 nitrogen and oxygen atoms in total. The van der Waals surface area contributed by atoms with Crippen LogP contribution in [0.5, 0.6) is 0 Å². The van der Waals surface area contributed by atoms with Gasteiger partial charge in [0.25, 0.3) is 11.8 Å². The van der Waals surface area contributed by atoms with Crippen molar-refractivity contribution in [2.45, 2.75) is 46.1 Å². The van der Waals surface area contributed by atoms with Crippen LogP contribution in [-0.2, 0) is 9.53 Å². The summed E-state index contributed by atoms with van der Waals surface area (Å²) < 4.78 is 5.23. The highest BCUT2D eigenvalue weighted by Crippen LogP contribution is 2.27. The van der Waals surface area contributed by atoms with Crippen molar-refractivity contribution in [2.24, 2.45) is 5.92 Å². The van der Waals surface area contributed by atoms with Crippen LogP contribution in [0, 0.1) is 5.92 Å². The Kier molecular flexibility index (Phi) is 7.41. The number of benzene rings is 2. The lowest BCUT2D eigenvalue weighted by atomic mass is 10.0. The number of carbonyl (C=O) groups excluding carboxylic acids is 4. The smallest absolute Gasteiger partial charge is 0.338 e. The number of nitrogens with one attached hydrogen (secondary N) is 1. The Hall–Kier alpha value is -3.48. The summed E-state index contributed by atoms with van der Waals surface area (Å²) in [5.41, 5.74) is 1.45. The van der Waals surface area contributed by atoms with Gasteiger partial charge in [-0.2, -0.15) is 0 Å². The lowest BCUT2D eigenvalue weighted by Gasteiger charge is -2.28. The molecular weight excluding hydrogens is 408 g/mol. The van der Waals surface area contributed by atoms with Gasteiger partial charge in [0.05, 0.1) is 23.3 Å². The van der Waals surface area contributed by atoms with E-state index in [2.05, 4.69) is 12.2 Å². The van der Waals surface area contributed by atoms with Crippen molar-refractivity contribution >= 4 is 29.4 Å². The van der Waals surface area contributed by atoms with E-state index in [-0.39, 0.29) is 5.92 Å². The van der Waals surface area contributed by atoms with Crippen LogP contribution in [0.3, 0.4) is 0 Å². The summed E-state index contributed by atoms with van der Waals surface area (Å²) in [5.74, 6) is -2.12. The molecule has 1 aliphatic rings. The standard InChI is InChI=1S/C25H28N2O5/c1-4-5-8-15-32-25(31)17-11-13-18(14-12-17)26-22(28)21(16(2)3)27-23(29)19-9-6-7-10-20(19)24(27)30/h6-7,9-14,16,21H,4-5,8,15H2,1-3H3,(H,26,28). The Morgan fingerprint density at radius 3 is 2.06 bits per heavy atom. The molecule has 0 bridgehead atoms. The minimum absolute atomic E-state index is 0.297. The number of hydrogen-bond acceptors (Lipinski definition) is 5. The molecule has 1 aliphatic heterocycles. The summed E-state index contributed by atoms with van der Waals surface area (Å²) in [6, 6.07) is 11.9. The maximum absolute atomic E-state index is 13.1. The second kappa shape index (κ2) is 10.2. The number of amides is 3. The zero-order valence-corrected chi connectivity index (χ0v) is 18.6. The van der Waals surface area contributed by atoms with E-state index in [1.54, 1.807) is 62.4 Å². The average Bonchev–Trinajstić information content (AvgIpc) is 3.02. The fraction of sp³-hybridized carbons (Fsp3) is 0.360. The van der Waals surface area contributed by atoms with Crippen LogP contribution in [0.4, 0.5) is 5.69 Å². The molecule has 0 saturated heterocycles. The van der Waals surface area contributed by atoms with E-state index < -0.39 is 29.7 Å². The van der Waals surface area contributed by atoms with E-state index in [0.29, 0.717) is 29.0 Å². The normalized spacial score (nSPS) is 13.8. The van der Waals surface area contributed by atoms with Crippen LogP contribution in [0.15, 0.2) is 48.5 Å². The maximum atomic E-state index is 13.1. The number of nitrogens with zero attached hydrogens (tertiary/aromatic N) is 1. The summed E-state index contributed by atoms with van der Waals surface area (Å²) in [6.45, 7) is 6.02. The number of ether oxygens (including phenoxy) is 1. The Balaban J connectivity index is 1.69. The van der Waals surface area contributed by atoms with Gasteiger partial charge in [-0.25, -0.2) is 4.79 Å². The molecule has 3 rings (SSSR count). The van der Waals surface area contributed by atoms with Gasteiger partial charge in [0.1, 0.15) is 6.04 Å². The van der Waals surface area contributed by atoms with Gasteiger partial charge < -0.3 is 10.1 Å². The predicted molar refractivity (Wildman–Crippen MR) is 120 cm³/mol. The van der Waals surface area contributed by atoms with Gasteiger partial charge in [-0.15, -0.1) is 0 Å². The topological polar surface area (TPSA) is 92.8 Å². The molecule has 32 heavy (non-hydrogen) atoms. The van der Waals surface area contributed by atoms with Crippen molar-refractivity contribution in [2.75, 3.05) is 11.9 Å². The first kappa shape index (κ1) is 23.2. The average molecular weight is 437 g/mol. The van der Waals surface area contributed by atoms with Crippen LogP contribution < -0.4 is 5.32 Å². The van der Waals surface area contributed by atoms with E-state index in [1.807, 2.05) is 0 Å². The Morgan fingerprint density at radius 1 is 0.938 bits per heavy atom. The molecule has 7 heteroatoms. The highest BCUT2D eigenvalue weighted by atomic mass is 16.5. The number of imide groups is 1. The number of fused-ring (bicyclic) bond motifs is 1. The molecule has 0 spiro atoms. The first-order valence-corrected chi connectivity index (χ1v) is 10.9. The largest absolute Gasteiger partial charge is 0.462 e. The number of anilines is 1. The number of unbranched alkanes of at least 4 members (excludes halogenated alkanes) is 2. The van der Waals surface area contributed by atoms with Gasteiger partial charge in [-0.1, -0.05) is 45.7 Å². The molecule has 0 aliphatic carbocycles. The highest BCUT2D eigenvalue weighted by molar-refractivity contribution is 6.23. The molecule has 3 amide bonds. The lowest BCUT2D eigenvalue weighted by Crippen LogP contribution is -2.50. The summed E-state index contributed by atoms with van der Waals surface area (Å²) in [4.78, 5) is 51.9. The fourth-order valence-corrected chi connectivity index (χ4v) is 3.68. The van der Waals surface area contributed by atoms with Crippen LogP contribution in [0.1, 0.15) is 71.1 Å². The van der Waals surface area contributed by atoms with E-state index in [4.69, 9.17) is 4.74 Å². The summed E-state index contributed by atoms with van der Waals surface area (Å²) in [7, 11) is 0. The first-order chi connectivity index (χ1) is 15.3. The van der Waals surface area contributed by atoms with Crippen molar-refractivity contribution in [1.29, 1.82) is 0 Å². The van der Waals surface area contributed by atoms with E-state index in [0.717, 1.165) is 24.2 Å². The molecule has 1 unspecified atom stereocenters. The molecule has 0 radical (unpaired) electrons. The number of carbonyl (C=O) groups is 4. The molecule has 0 fully saturated rings. The monoisotopic (exact) mass is 436 g/mol. The third-order valence-corrected chi connectivity index (χ3v) is 5.37. The molecule has 1 heterocycles. The third-order valence-electron chi connectivity index (χ3n) is 5.37. The zero-order valence-electron chi connectivity index (χ0n) is 18.6. The second-order valence-corrected chi connectivity index (χ2v) is 8.12. The third kappa shape index (κ3) is 4.88. The van der Waals surface area contributed by atoms with Crippen LogP contribution in [0.25, 0.3) is 0 Å². The van der Waals surface area contributed by atoms with Crippen molar-refractivity contribution in [3.05, 3.63) is 65.2 Å². The Bertz CT molecular complexity index is 978. The molecule has 1 N–H and O–H groups in total. The molecule has 0 aromatic heterocycles. The maximum Gasteiger partial charge on any atom is 0.338 e. The fourth-order valence-electron chi connectivity index (χ4n) is 3.68. The first-order valence-electron chi connectivity index (χ1n) is 10.9. The van der Waals surface area contributed by atoms with Gasteiger partial charge in [0.15, 0.2) is 0 Å². The van der Waals surface area contributed by atoms with Crippen molar-refractivity contribution in [3.63, 3.8) is 0 Å². The van der Waals surface area contributed by atoms with Gasteiger partial charge in [0, 0.05) is 5.69 Å². The SMILES string of the molecule is CCCCCOC(=O)c1ccc(NC(=O)C(C(C)C)N2C(=O)c3ccccc3C2=O)cc1. The van der Waals surface area contributed by atoms with Crippen molar-refractivity contribution < 1.29 is 23.9 Å². The van der Waals surface area contributed by atoms with E-state index >= 15 is 0 Å². The predicted octanol–water partition coefficient (Wildman–Crippen LogP) is 4.29. The lowest BCUT2D eigenvalue weighted by molar-refractivity contribution is -0.121. The van der Waals surface area contributed by atoms with E-state index in [9.17, 15) is 19.2 Å². The zero-order chi connectivity index (χ0) is 23.3. The molecule has 1 atom stereocenters. The van der Waals surface area contributed by atoms with Crippen LogP contribution >= 0.6 is 0 Å². The summed E-state index contributed by atoms with van der Waals surface area (Å²) in [6.07, 6.45) is 2.87. The highest BCUT2D eigenvalue weighted by Gasteiger charge is 2.43. The minimum Gasteiger partial charge on any atom is -0.462 e. The second-order valence-electron chi connectivity index (χ2n) is 8.12. The minimum atomic E-state index is -0.967. The summed E-state index contributed by atoms with van der Waals surface area (Å²) >= 11 is 0. The molecular formula is C25H28N2O5. The number of rotatable bonds is 9. The van der Waals surface area contributed by atoms with Crippen LogP contribution in [-0.4, -0.2) is 41.2 Å². The van der Waals surface area contributed by atoms with E-state index in [1.165, 1.54) is 0 Å². The van der Waals surface area contributed by atoms with Gasteiger partial charge in [-0.05, 0) is 48.7 Å². The van der Waals surface area contributed by atoms with Crippen molar-refractivity contribution in [1.82, 2.24) is 4.90 Å². The Morgan fingerprint density at radius 2 is 1.53 bits per heavy atom. The quantitative estimate of drug-likeness (QED) is 0.360. The van der Waals surface area contributed by atoms with Gasteiger partial charge >= 0.3 is 5.97 Å². The van der Waals surface area contributed by atoms with Gasteiger partial charge in [0.2, 0.25) is 5.91 Å². The summed E-state index contributed by atoms with van der Waals surface area (Å²) in [5, 5.41) is 2.76. The number of esters is 1. The molecule has 2 aromatic rings. The number of hydrogen-bond donors (Lipinski definition) is 1.